The Bertz CT molecular complexity index is 600. The second-order valence-corrected chi connectivity index (χ2v) is 4.67. The molecule has 1 aliphatic rings. The highest BCUT2D eigenvalue weighted by atomic mass is 16.6. The third-order valence-corrected chi connectivity index (χ3v) is 3.13. The molecule has 0 aliphatic carbocycles. The maximum absolute atomic E-state index is 12.0. The molecule has 7 heteroatoms. The summed E-state index contributed by atoms with van der Waals surface area (Å²) in [5.41, 5.74) is 0. The molecular formula is C14H16N4O3. The lowest BCUT2D eigenvalue weighted by molar-refractivity contribution is -0.130. The number of nitrogens with one attached hydrogen (secondary N) is 1. The predicted molar refractivity (Wildman–Crippen MR) is 74.0 cm³/mol. The highest BCUT2D eigenvalue weighted by Gasteiger charge is 2.26. The van der Waals surface area contributed by atoms with Gasteiger partial charge in [-0.1, -0.05) is 12.1 Å². The van der Waals surface area contributed by atoms with Crippen LogP contribution in [0, 0.1) is 0 Å². The lowest BCUT2D eigenvalue weighted by Gasteiger charge is -2.25. The SMILES string of the molecule is O=C(NCCCn1cncn1)[C@H]1COc2ccccc2O1. The van der Waals surface area contributed by atoms with Crippen LogP contribution in [0.3, 0.4) is 0 Å². The Balaban J connectivity index is 1.44. The van der Waals surface area contributed by atoms with E-state index in [4.69, 9.17) is 9.47 Å². The molecule has 21 heavy (non-hydrogen) atoms. The molecule has 0 unspecified atom stereocenters. The number of benzene rings is 1. The van der Waals surface area contributed by atoms with Crippen molar-refractivity contribution < 1.29 is 14.3 Å². The number of ether oxygens (including phenoxy) is 2. The average Bonchev–Trinajstić information content (AvgIpc) is 3.04. The molecular weight excluding hydrogens is 272 g/mol. The topological polar surface area (TPSA) is 78.3 Å². The van der Waals surface area contributed by atoms with E-state index in [-0.39, 0.29) is 12.5 Å². The van der Waals surface area contributed by atoms with Gasteiger partial charge in [0.2, 0.25) is 6.10 Å². The van der Waals surface area contributed by atoms with Gasteiger partial charge in [-0.2, -0.15) is 5.10 Å². The third kappa shape index (κ3) is 3.31. The van der Waals surface area contributed by atoms with Crippen molar-refractivity contribution in [1.29, 1.82) is 0 Å². The Morgan fingerprint density at radius 2 is 2.24 bits per heavy atom. The number of hydrogen-bond donors (Lipinski definition) is 1. The minimum absolute atomic E-state index is 0.164. The lowest BCUT2D eigenvalue weighted by Crippen LogP contribution is -2.44. The van der Waals surface area contributed by atoms with E-state index in [0.717, 1.165) is 6.42 Å². The molecule has 0 saturated carbocycles. The second kappa shape index (κ2) is 6.25. The average molecular weight is 288 g/mol. The van der Waals surface area contributed by atoms with Crippen molar-refractivity contribution in [3.8, 4) is 11.5 Å². The first-order chi connectivity index (χ1) is 10.3. The fraction of sp³-hybridized carbons (Fsp3) is 0.357. The van der Waals surface area contributed by atoms with E-state index < -0.39 is 6.10 Å². The van der Waals surface area contributed by atoms with Gasteiger partial charge >= 0.3 is 0 Å². The molecule has 0 radical (unpaired) electrons. The van der Waals surface area contributed by atoms with Crippen molar-refractivity contribution >= 4 is 5.91 Å². The highest BCUT2D eigenvalue weighted by Crippen LogP contribution is 2.30. The first kappa shape index (κ1) is 13.4. The summed E-state index contributed by atoms with van der Waals surface area (Å²) in [5, 5.41) is 6.84. The Hall–Kier alpha value is -2.57. The maximum atomic E-state index is 12.0. The number of amides is 1. The van der Waals surface area contributed by atoms with Gasteiger partial charge in [-0.05, 0) is 18.6 Å². The van der Waals surface area contributed by atoms with Gasteiger partial charge in [0.25, 0.3) is 5.91 Å². The minimum Gasteiger partial charge on any atom is -0.485 e. The van der Waals surface area contributed by atoms with Crippen molar-refractivity contribution in [3.63, 3.8) is 0 Å². The zero-order valence-electron chi connectivity index (χ0n) is 11.4. The maximum Gasteiger partial charge on any atom is 0.264 e. The van der Waals surface area contributed by atoms with Crippen LogP contribution in [0.1, 0.15) is 6.42 Å². The normalized spacial score (nSPS) is 16.5. The summed E-state index contributed by atoms with van der Waals surface area (Å²) in [6, 6.07) is 7.33. The van der Waals surface area contributed by atoms with Crippen LogP contribution < -0.4 is 14.8 Å². The second-order valence-electron chi connectivity index (χ2n) is 4.67. The van der Waals surface area contributed by atoms with Gasteiger partial charge < -0.3 is 14.8 Å². The zero-order valence-corrected chi connectivity index (χ0v) is 11.4. The van der Waals surface area contributed by atoms with Crippen LogP contribution in [0.4, 0.5) is 0 Å². The van der Waals surface area contributed by atoms with Gasteiger partial charge in [-0.25, -0.2) is 4.98 Å². The molecule has 1 aliphatic heterocycles. The standard InChI is InChI=1S/C14H16N4O3/c19-14(16-6-3-7-18-10-15-9-17-18)13-8-20-11-4-1-2-5-12(11)21-13/h1-2,4-5,9-10,13H,3,6-8H2,(H,16,19)/t13-/m1/s1. The highest BCUT2D eigenvalue weighted by molar-refractivity contribution is 5.81. The summed E-state index contributed by atoms with van der Waals surface area (Å²) in [6.45, 7) is 1.50. The van der Waals surface area contributed by atoms with Crippen molar-refractivity contribution in [2.75, 3.05) is 13.2 Å². The number of para-hydroxylation sites is 2. The Labute approximate surface area is 121 Å². The number of aryl methyl sites for hydroxylation is 1. The van der Waals surface area contributed by atoms with E-state index in [0.29, 0.717) is 24.6 Å². The number of carbonyl (C=O) groups excluding carboxylic acids is 1. The minimum atomic E-state index is -0.605. The van der Waals surface area contributed by atoms with E-state index >= 15 is 0 Å². The van der Waals surface area contributed by atoms with Crippen LogP contribution in [0.25, 0.3) is 0 Å². The van der Waals surface area contributed by atoms with Crippen LogP contribution in [0.5, 0.6) is 11.5 Å². The number of fused-ring (bicyclic) bond motifs is 1. The molecule has 0 spiro atoms. The van der Waals surface area contributed by atoms with Gasteiger partial charge in [0.05, 0.1) is 0 Å². The zero-order chi connectivity index (χ0) is 14.5. The lowest BCUT2D eigenvalue weighted by atomic mass is 10.2. The summed E-state index contributed by atoms with van der Waals surface area (Å²) in [4.78, 5) is 15.9. The summed E-state index contributed by atoms with van der Waals surface area (Å²) >= 11 is 0. The molecule has 3 rings (SSSR count). The molecule has 7 nitrogen and oxygen atoms in total. The molecule has 1 aromatic carbocycles. The van der Waals surface area contributed by atoms with E-state index in [1.165, 1.54) is 6.33 Å². The first-order valence-electron chi connectivity index (χ1n) is 6.81. The van der Waals surface area contributed by atoms with Crippen LogP contribution in [0.15, 0.2) is 36.9 Å². The molecule has 1 atom stereocenters. The fourth-order valence-corrected chi connectivity index (χ4v) is 2.06. The molecule has 2 aromatic rings. The van der Waals surface area contributed by atoms with Crippen molar-refractivity contribution in [2.45, 2.75) is 19.1 Å². The summed E-state index contributed by atoms with van der Waals surface area (Å²) in [6.07, 6.45) is 3.31. The van der Waals surface area contributed by atoms with Gasteiger partial charge in [-0.15, -0.1) is 0 Å². The summed E-state index contributed by atoms with van der Waals surface area (Å²) in [7, 11) is 0. The molecule has 2 heterocycles. The largest absolute Gasteiger partial charge is 0.485 e. The van der Waals surface area contributed by atoms with Gasteiger partial charge in [-0.3, -0.25) is 9.48 Å². The van der Waals surface area contributed by atoms with Gasteiger partial charge in [0, 0.05) is 13.1 Å². The number of aromatic nitrogens is 3. The summed E-state index contributed by atoms with van der Waals surface area (Å²) < 4.78 is 12.9. The number of nitrogens with zero attached hydrogens (tertiary/aromatic N) is 3. The van der Waals surface area contributed by atoms with Crippen LogP contribution in [0.2, 0.25) is 0 Å². The monoisotopic (exact) mass is 288 g/mol. The van der Waals surface area contributed by atoms with E-state index in [2.05, 4.69) is 15.4 Å². The quantitative estimate of drug-likeness (QED) is 0.816. The molecule has 1 N–H and O–H groups in total. The smallest absolute Gasteiger partial charge is 0.264 e. The van der Waals surface area contributed by atoms with Crippen molar-refractivity contribution in [3.05, 3.63) is 36.9 Å². The number of carbonyl (C=O) groups is 1. The van der Waals surface area contributed by atoms with Crippen LogP contribution in [-0.4, -0.2) is 39.9 Å². The molecule has 1 aromatic heterocycles. The van der Waals surface area contributed by atoms with Crippen LogP contribution in [-0.2, 0) is 11.3 Å². The molecule has 1 amide bonds. The first-order valence-corrected chi connectivity index (χ1v) is 6.81. The van der Waals surface area contributed by atoms with Crippen molar-refractivity contribution in [2.24, 2.45) is 0 Å². The van der Waals surface area contributed by atoms with E-state index in [1.54, 1.807) is 17.1 Å². The Morgan fingerprint density at radius 1 is 1.38 bits per heavy atom. The molecule has 0 bridgehead atoms. The number of rotatable bonds is 5. The Morgan fingerprint density at radius 3 is 3.05 bits per heavy atom. The molecule has 110 valence electrons. The third-order valence-electron chi connectivity index (χ3n) is 3.13. The van der Waals surface area contributed by atoms with E-state index in [9.17, 15) is 4.79 Å². The van der Waals surface area contributed by atoms with Gasteiger partial charge in [0.1, 0.15) is 19.3 Å². The predicted octanol–water partition coefficient (Wildman–Crippen LogP) is 0.624. The van der Waals surface area contributed by atoms with Gasteiger partial charge in [0.15, 0.2) is 11.5 Å². The fourth-order valence-electron chi connectivity index (χ4n) is 2.06. The Kier molecular flexibility index (Phi) is 3.99. The molecule has 0 fully saturated rings. The van der Waals surface area contributed by atoms with Crippen LogP contribution >= 0.6 is 0 Å². The molecule has 0 saturated heterocycles. The van der Waals surface area contributed by atoms with Crippen molar-refractivity contribution in [1.82, 2.24) is 20.1 Å². The summed E-state index contributed by atoms with van der Waals surface area (Å²) in [5.74, 6) is 1.11. The number of hydrogen-bond acceptors (Lipinski definition) is 5. The van der Waals surface area contributed by atoms with E-state index in [1.807, 2.05) is 18.2 Å².